The molecule has 1 saturated heterocycles. The van der Waals surface area contributed by atoms with Crippen LogP contribution >= 0.6 is 0 Å². The Labute approximate surface area is 74.2 Å². The van der Waals surface area contributed by atoms with E-state index < -0.39 is 0 Å². The fourth-order valence-corrected chi connectivity index (χ4v) is 2.73. The SMILES string of the molecule is CCN1CC2(C)CCC2(C#N)C1. The van der Waals surface area contributed by atoms with Crippen LogP contribution in [0.25, 0.3) is 0 Å². The van der Waals surface area contributed by atoms with Crippen LogP contribution in [0.1, 0.15) is 26.7 Å². The molecule has 2 atom stereocenters. The summed E-state index contributed by atoms with van der Waals surface area (Å²) in [5, 5.41) is 9.15. The molecule has 0 N–H and O–H groups in total. The van der Waals surface area contributed by atoms with Crippen molar-refractivity contribution in [2.75, 3.05) is 19.6 Å². The second kappa shape index (κ2) is 2.23. The maximum absolute atomic E-state index is 9.15. The quantitative estimate of drug-likeness (QED) is 0.589. The smallest absolute Gasteiger partial charge is 0.0766 e. The molecule has 1 saturated carbocycles. The van der Waals surface area contributed by atoms with Gasteiger partial charge in [-0.1, -0.05) is 13.8 Å². The van der Waals surface area contributed by atoms with Crippen molar-refractivity contribution in [1.29, 1.82) is 5.26 Å². The summed E-state index contributed by atoms with van der Waals surface area (Å²) in [5.41, 5.74) is 0.334. The summed E-state index contributed by atoms with van der Waals surface area (Å²) in [6.45, 7) is 7.70. The maximum Gasteiger partial charge on any atom is 0.0766 e. The highest BCUT2D eigenvalue weighted by Crippen LogP contribution is 2.60. The van der Waals surface area contributed by atoms with Gasteiger partial charge >= 0.3 is 0 Å². The molecule has 0 spiro atoms. The number of hydrogen-bond donors (Lipinski definition) is 0. The molecule has 2 nitrogen and oxygen atoms in total. The average molecular weight is 164 g/mol. The van der Waals surface area contributed by atoms with Crippen molar-refractivity contribution < 1.29 is 0 Å². The largest absolute Gasteiger partial charge is 0.301 e. The van der Waals surface area contributed by atoms with Gasteiger partial charge in [0, 0.05) is 18.5 Å². The van der Waals surface area contributed by atoms with E-state index in [1.165, 1.54) is 6.42 Å². The summed E-state index contributed by atoms with van der Waals surface area (Å²) in [6, 6.07) is 2.54. The number of nitrogens with zero attached hydrogens (tertiary/aromatic N) is 2. The van der Waals surface area contributed by atoms with Crippen molar-refractivity contribution in [3.63, 3.8) is 0 Å². The Kier molecular flexibility index (Phi) is 1.50. The molecule has 66 valence electrons. The third kappa shape index (κ3) is 0.728. The van der Waals surface area contributed by atoms with Crippen molar-refractivity contribution in [3.05, 3.63) is 0 Å². The predicted octanol–water partition coefficient (Wildman–Crippen LogP) is 1.63. The Hall–Kier alpha value is -0.550. The van der Waals surface area contributed by atoms with Crippen LogP contribution in [0.5, 0.6) is 0 Å². The lowest BCUT2D eigenvalue weighted by molar-refractivity contribution is 0.0407. The van der Waals surface area contributed by atoms with Crippen molar-refractivity contribution in [1.82, 2.24) is 4.90 Å². The van der Waals surface area contributed by atoms with Gasteiger partial charge in [0.1, 0.15) is 0 Å². The molecule has 0 aromatic rings. The Morgan fingerprint density at radius 3 is 2.50 bits per heavy atom. The fourth-order valence-electron chi connectivity index (χ4n) is 2.73. The van der Waals surface area contributed by atoms with Crippen LogP contribution in [0.3, 0.4) is 0 Å². The maximum atomic E-state index is 9.15. The van der Waals surface area contributed by atoms with Gasteiger partial charge in [-0.15, -0.1) is 0 Å². The van der Waals surface area contributed by atoms with Gasteiger partial charge in [0.05, 0.1) is 11.5 Å². The number of hydrogen-bond acceptors (Lipinski definition) is 2. The van der Waals surface area contributed by atoms with Gasteiger partial charge < -0.3 is 4.90 Å². The molecule has 1 aliphatic carbocycles. The van der Waals surface area contributed by atoms with Crippen LogP contribution in [0, 0.1) is 22.2 Å². The molecular weight excluding hydrogens is 148 g/mol. The summed E-state index contributed by atoms with van der Waals surface area (Å²) in [5.74, 6) is 0. The third-order valence-electron chi connectivity index (χ3n) is 3.99. The Morgan fingerprint density at radius 1 is 1.42 bits per heavy atom. The van der Waals surface area contributed by atoms with Gasteiger partial charge in [-0.25, -0.2) is 0 Å². The highest BCUT2D eigenvalue weighted by atomic mass is 15.2. The lowest BCUT2D eigenvalue weighted by Gasteiger charge is -2.47. The van der Waals surface area contributed by atoms with E-state index in [-0.39, 0.29) is 5.41 Å². The predicted molar refractivity (Wildman–Crippen MR) is 47.5 cm³/mol. The van der Waals surface area contributed by atoms with E-state index >= 15 is 0 Å². The van der Waals surface area contributed by atoms with Crippen LogP contribution in [0.2, 0.25) is 0 Å². The lowest BCUT2D eigenvalue weighted by atomic mass is 9.53. The van der Waals surface area contributed by atoms with E-state index in [2.05, 4.69) is 24.8 Å². The van der Waals surface area contributed by atoms with Crippen molar-refractivity contribution >= 4 is 0 Å². The average Bonchev–Trinajstić information content (AvgIpc) is 2.26. The molecule has 1 aliphatic heterocycles. The molecule has 12 heavy (non-hydrogen) atoms. The van der Waals surface area contributed by atoms with Crippen molar-refractivity contribution in [2.24, 2.45) is 10.8 Å². The topological polar surface area (TPSA) is 27.0 Å². The molecule has 0 radical (unpaired) electrons. The molecule has 0 bridgehead atoms. The molecule has 2 aliphatic rings. The zero-order valence-electron chi connectivity index (χ0n) is 7.93. The van der Waals surface area contributed by atoms with Crippen LogP contribution in [0.4, 0.5) is 0 Å². The summed E-state index contributed by atoms with van der Waals surface area (Å²) < 4.78 is 0. The van der Waals surface area contributed by atoms with Crippen LogP contribution in [0.15, 0.2) is 0 Å². The monoisotopic (exact) mass is 164 g/mol. The zero-order chi connectivity index (χ0) is 8.82. The van der Waals surface area contributed by atoms with Gasteiger partial charge in [-0.2, -0.15) is 5.26 Å². The minimum atomic E-state index is 0.0169. The van der Waals surface area contributed by atoms with E-state index in [0.717, 1.165) is 26.1 Å². The fraction of sp³-hybridized carbons (Fsp3) is 0.900. The minimum absolute atomic E-state index is 0.0169. The summed E-state index contributed by atoms with van der Waals surface area (Å²) in [7, 11) is 0. The van der Waals surface area contributed by atoms with E-state index in [4.69, 9.17) is 5.26 Å². The van der Waals surface area contributed by atoms with E-state index in [0.29, 0.717) is 5.41 Å². The first-order chi connectivity index (χ1) is 5.66. The summed E-state index contributed by atoms with van der Waals surface area (Å²) in [6.07, 6.45) is 2.37. The van der Waals surface area contributed by atoms with Gasteiger partial charge in [-0.05, 0) is 19.4 Å². The molecule has 2 fully saturated rings. The highest BCUT2D eigenvalue weighted by Gasteiger charge is 2.61. The second-order valence-electron chi connectivity index (χ2n) is 4.56. The van der Waals surface area contributed by atoms with Crippen molar-refractivity contribution in [2.45, 2.75) is 26.7 Å². The molecule has 1 heterocycles. The van der Waals surface area contributed by atoms with E-state index in [1.807, 2.05) is 0 Å². The van der Waals surface area contributed by atoms with Gasteiger partial charge in [0.25, 0.3) is 0 Å². The number of rotatable bonds is 1. The highest BCUT2D eigenvalue weighted by molar-refractivity contribution is 5.21. The summed E-state index contributed by atoms with van der Waals surface area (Å²) >= 11 is 0. The third-order valence-corrected chi connectivity index (χ3v) is 3.99. The normalized spacial score (nSPS) is 46.4. The van der Waals surface area contributed by atoms with E-state index in [9.17, 15) is 0 Å². The Morgan fingerprint density at radius 2 is 2.17 bits per heavy atom. The number of likely N-dealkylation sites (tertiary alicyclic amines) is 1. The molecule has 0 aromatic heterocycles. The summed E-state index contributed by atoms with van der Waals surface area (Å²) in [4.78, 5) is 2.41. The van der Waals surface area contributed by atoms with E-state index in [1.54, 1.807) is 0 Å². The molecule has 0 amide bonds. The first kappa shape index (κ1) is 8.07. The van der Waals surface area contributed by atoms with Crippen LogP contribution < -0.4 is 0 Å². The standard InChI is InChI=1S/C10H16N2/c1-3-12-7-9(2)4-5-10(9,6-11)8-12/h3-5,7-8H2,1-2H3. The first-order valence-electron chi connectivity index (χ1n) is 4.79. The molecule has 0 aromatic carbocycles. The molecule has 2 heteroatoms. The number of fused-ring (bicyclic) bond motifs is 1. The minimum Gasteiger partial charge on any atom is -0.301 e. The van der Waals surface area contributed by atoms with Crippen LogP contribution in [-0.4, -0.2) is 24.5 Å². The van der Waals surface area contributed by atoms with Gasteiger partial charge in [-0.3, -0.25) is 0 Å². The number of nitriles is 1. The molecule has 2 unspecified atom stereocenters. The Bertz CT molecular complexity index is 243. The van der Waals surface area contributed by atoms with Crippen LogP contribution in [-0.2, 0) is 0 Å². The molecular formula is C10H16N2. The van der Waals surface area contributed by atoms with Crippen molar-refractivity contribution in [3.8, 4) is 6.07 Å². The lowest BCUT2D eigenvalue weighted by Crippen LogP contribution is -2.47. The second-order valence-corrected chi connectivity index (χ2v) is 4.56. The Balaban J connectivity index is 2.23. The first-order valence-corrected chi connectivity index (χ1v) is 4.79. The van der Waals surface area contributed by atoms with Gasteiger partial charge in [0.15, 0.2) is 0 Å². The van der Waals surface area contributed by atoms with Gasteiger partial charge in [0.2, 0.25) is 0 Å². The zero-order valence-corrected chi connectivity index (χ0v) is 7.93. The molecule has 2 rings (SSSR count).